The van der Waals surface area contributed by atoms with Crippen LogP contribution >= 0.6 is 27.5 Å². The highest BCUT2D eigenvalue weighted by molar-refractivity contribution is 9.10. The number of benzene rings is 2. The number of hydrogen-bond donors (Lipinski definition) is 2. The molecule has 0 aromatic heterocycles. The van der Waals surface area contributed by atoms with Crippen molar-refractivity contribution >= 4 is 56.6 Å². The van der Waals surface area contributed by atoms with Gasteiger partial charge in [0.1, 0.15) is 5.69 Å². The number of amides is 1. The molecule has 0 aliphatic rings. The van der Waals surface area contributed by atoms with Crippen molar-refractivity contribution in [2.45, 2.75) is 13.8 Å². The van der Waals surface area contributed by atoms with Crippen LogP contribution in [0.2, 0.25) is 5.02 Å². The Bertz CT molecular complexity index is 907. The van der Waals surface area contributed by atoms with E-state index in [1.165, 1.54) is 13.0 Å². The number of nitrogens with one attached hydrogen (secondary N) is 2. The Morgan fingerprint density at radius 2 is 1.59 bits per heavy atom. The van der Waals surface area contributed by atoms with E-state index in [0.717, 1.165) is 11.5 Å². The Balaban J connectivity index is 2.22. The van der Waals surface area contributed by atoms with Gasteiger partial charge in [-0.2, -0.15) is 0 Å². The molecular formula is C19H20BrClN3O3+. The molecule has 0 atom stereocenters. The zero-order valence-corrected chi connectivity index (χ0v) is 17.7. The lowest BCUT2D eigenvalue weighted by atomic mass is 10.1. The molecule has 2 N–H and O–H groups in total. The van der Waals surface area contributed by atoms with Crippen LogP contribution in [-0.4, -0.2) is 36.4 Å². The number of rotatable bonds is 4. The largest absolute Gasteiger partial charge is 0.425 e. The predicted molar refractivity (Wildman–Crippen MR) is 111 cm³/mol. The van der Waals surface area contributed by atoms with Crippen molar-refractivity contribution in [1.29, 1.82) is 0 Å². The van der Waals surface area contributed by atoms with Crippen LogP contribution in [-0.2, 0) is 4.79 Å². The molecule has 0 spiro atoms. The minimum absolute atomic E-state index is 0.124. The lowest BCUT2D eigenvalue weighted by Crippen LogP contribution is -2.18. The summed E-state index contributed by atoms with van der Waals surface area (Å²) in [5, 5.41) is 6.37. The van der Waals surface area contributed by atoms with Crippen LogP contribution in [0.4, 0.5) is 11.4 Å². The highest BCUT2D eigenvalue weighted by Gasteiger charge is 2.19. The molecule has 6 nitrogen and oxygen atoms in total. The first-order chi connectivity index (χ1) is 12.7. The van der Waals surface area contributed by atoms with Gasteiger partial charge in [-0.1, -0.05) is 11.6 Å². The van der Waals surface area contributed by atoms with E-state index in [9.17, 15) is 9.59 Å². The molecule has 2 aromatic rings. The van der Waals surface area contributed by atoms with Gasteiger partial charge in [-0.05, 0) is 52.3 Å². The number of ether oxygens (including phenoxy) is 1. The van der Waals surface area contributed by atoms with Gasteiger partial charge in [0.25, 0.3) is 5.91 Å². The van der Waals surface area contributed by atoms with Gasteiger partial charge >= 0.3 is 5.97 Å². The van der Waals surface area contributed by atoms with Crippen molar-refractivity contribution < 1.29 is 18.9 Å². The van der Waals surface area contributed by atoms with Crippen molar-refractivity contribution in [3.63, 3.8) is 0 Å². The lowest BCUT2D eigenvalue weighted by molar-refractivity contribution is -0.464. The highest BCUT2D eigenvalue weighted by Crippen LogP contribution is 2.33. The summed E-state index contributed by atoms with van der Waals surface area (Å²) in [5.41, 5.74) is 1.65. The summed E-state index contributed by atoms with van der Waals surface area (Å²) in [4.78, 5) is 24.0. The van der Waals surface area contributed by atoms with Crippen LogP contribution < -0.4 is 15.4 Å². The second-order valence-electron chi connectivity index (χ2n) is 5.99. The lowest BCUT2D eigenvalue weighted by Gasteiger charge is -2.12. The Labute approximate surface area is 171 Å². The summed E-state index contributed by atoms with van der Waals surface area (Å²) in [6.45, 7) is 3.23. The van der Waals surface area contributed by atoms with Gasteiger partial charge < -0.3 is 10.1 Å². The van der Waals surface area contributed by atoms with E-state index in [-0.39, 0.29) is 11.3 Å². The molecule has 0 aliphatic carbocycles. The summed E-state index contributed by atoms with van der Waals surface area (Å²) < 4.78 is 7.54. The van der Waals surface area contributed by atoms with E-state index in [0.29, 0.717) is 15.2 Å². The van der Waals surface area contributed by atoms with Crippen LogP contribution in [0.15, 0.2) is 40.9 Å². The molecule has 142 valence electrons. The molecule has 0 radical (unpaired) electrons. The summed E-state index contributed by atoms with van der Waals surface area (Å²) in [6, 6.07) is 10.3. The third-order valence-electron chi connectivity index (χ3n) is 3.64. The summed E-state index contributed by atoms with van der Waals surface area (Å²) in [5.74, 6) is 0.140. The molecule has 2 aromatic carbocycles. The first kappa shape index (κ1) is 20.9. The highest BCUT2D eigenvalue weighted by atomic mass is 79.9. The fourth-order valence-electron chi connectivity index (χ4n) is 2.13. The van der Waals surface area contributed by atoms with Gasteiger partial charge in [0, 0.05) is 24.6 Å². The molecule has 0 heterocycles. The molecular weight excluding hydrogens is 434 g/mol. The van der Waals surface area contributed by atoms with Crippen LogP contribution in [0.25, 0.3) is 0 Å². The normalized spacial score (nSPS) is 10.1. The molecule has 0 fully saturated rings. The first-order valence-electron chi connectivity index (χ1n) is 8.04. The van der Waals surface area contributed by atoms with Crippen molar-refractivity contribution in [3.8, 4) is 5.75 Å². The maximum atomic E-state index is 12.7. The van der Waals surface area contributed by atoms with Gasteiger partial charge in [-0.25, -0.2) is 5.32 Å². The van der Waals surface area contributed by atoms with E-state index in [4.69, 9.17) is 16.3 Å². The number of amidine groups is 1. The number of carbonyl (C=O) groups is 2. The monoisotopic (exact) mass is 452 g/mol. The van der Waals surface area contributed by atoms with E-state index < -0.39 is 11.9 Å². The summed E-state index contributed by atoms with van der Waals surface area (Å²) in [7, 11) is 3.89. The predicted octanol–water partition coefficient (Wildman–Crippen LogP) is 4.38. The molecule has 0 unspecified atom stereocenters. The molecule has 0 bridgehead atoms. The van der Waals surface area contributed by atoms with E-state index in [1.807, 2.05) is 37.7 Å². The second kappa shape index (κ2) is 9.01. The molecule has 2 rings (SSSR count). The average Bonchev–Trinajstić information content (AvgIpc) is 2.58. The number of carbonyl (C=O) groups excluding carboxylic acids is 2. The smallest absolute Gasteiger partial charge is 0.308 e. The molecule has 0 aliphatic heterocycles. The van der Waals surface area contributed by atoms with Crippen LogP contribution in [0.1, 0.15) is 24.2 Å². The Kier molecular flexibility index (Phi) is 6.98. The zero-order chi connectivity index (χ0) is 20.1. The van der Waals surface area contributed by atoms with Gasteiger partial charge in [-0.3, -0.25) is 14.2 Å². The Hall–Kier alpha value is -2.38. The first-order valence-corrected chi connectivity index (χ1v) is 9.21. The van der Waals surface area contributed by atoms with E-state index in [2.05, 4.69) is 26.6 Å². The fourth-order valence-corrected chi connectivity index (χ4v) is 3.02. The minimum atomic E-state index is -0.532. The van der Waals surface area contributed by atoms with Crippen LogP contribution in [0.3, 0.4) is 0 Å². The quantitative estimate of drug-likeness (QED) is 0.237. The number of hydrogen-bond acceptors (Lipinski definition) is 3. The van der Waals surface area contributed by atoms with E-state index >= 15 is 0 Å². The third-order valence-corrected chi connectivity index (χ3v) is 4.44. The standard InChI is InChI=1S/C19H19BrClN3O3/c1-11(24(3)4)22-14-5-7-15(8-6-14)23-19(26)16-9-13(21)10-17(20)18(16)27-12(2)25/h5-10H,1-4H3,(H,23,26)/p+1. The maximum absolute atomic E-state index is 12.7. The van der Waals surface area contributed by atoms with Crippen molar-refractivity contribution in [3.05, 3.63) is 51.5 Å². The van der Waals surface area contributed by atoms with Crippen LogP contribution in [0.5, 0.6) is 5.75 Å². The fraction of sp³-hybridized carbons (Fsp3) is 0.211. The van der Waals surface area contributed by atoms with Crippen LogP contribution in [0, 0.1) is 0 Å². The Morgan fingerprint density at radius 3 is 2.11 bits per heavy atom. The number of esters is 1. The van der Waals surface area contributed by atoms with Crippen molar-refractivity contribution in [2.24, 2.45) is 0 Å². The van der Waals surface area contributed by atoms with E-state index in [1.54, 1.807) is 18.2 Å². The summed E-state index contributed by atoms with van der Waals surface area (Å²) in [6.07, 6.45) is 0. The molecule has 1 amide bonds. The molecule has 0 saturated carbocycles. The van der Waals surface area contributed by atoms with Gasteiger partial charge in [-0.15, -0.1) is 0 Å². The van der Waals surface area contributed by atoms with Gasteiger partial charge in [0.15, 0.2) is 5.75 Å². The summed E-state index contributed by atoms with van der Waals surface area (Å²) >= 11 is 9.30. The second-order valence-corrected chi connectivity index (χ2v) is 7.29. The average molecular weight is 454 g/mol. The minimum Gasteiger partial charge on any atom is -0.425 e. The molecule has 8 heteroatoms. The van der Waals surface area contributed by atoms with Crippen molar-refractivity contribution in [2.75, 3.05) is 24.7 Å². The van der Waals surface area contributed by atoms with Crippen molar-refractivity contribution in [1.82, 2.24) is 0 Å². The topological polar surface area (TPSA) is 70.4 Å². The molecule has 27 heavy (non-hydrogen) atoms. The third kappa shape index (κ3) is 5.80. The zero-order valence-electron chi connectivity index (χ0n) is 15.4. The van der Waals surface area contributed by atoms with Gasteiger partial charge in [0.05, 0.1) is 24.1 Å². The number of nitrogens with zero attached hydrogens (tertiary/aromatic N) is 1. The number of halogens is 2. The Morgan fingerprint density at radius 1 is 1.04 bits per heavy atom. The SMILES string of the molecule is CC(=O)Oc1c(Br)cc(Cl)cc1C(=O)Nc1ccc(NC(C)=[N+](C)C)cc1. The molecule has 0 saturated heterocycles. The van der Waals surface area contributed by atoms with Gasteiger partial charge in [0.2, 0.25) is 5.84 Å². The number of anilines is 2. The maximum Gasteiger partial charge on any atom is 0.308 e.